The first-order valence-corrected chi connectivity index (χ1v) is 12.2. The number of hydrogen-bond acceptors (Lipinski definition) is 7. The van der Waals surface area contributed by atoms with Crippen molar-refractivity contribution in [1.29, 1.82) is 0 Å². The van der Waals surface area contributed by atoms with Gasteiger partial charge in [0.25, 0.3) is 0 Å². The van der Waals surface area contributed by atoms with E-state index in [9.17, 15) is 0 Å². The summed E-state index contributed by atoms with van der Waals surface area (Å²) >= 11 is 0. The van der Waals surface area contributed by atoms with Crippen LogP contribution in [0.3, 0.4) is 0 Å². The summed E-state index contributed by atoms with van der Waals surface area (Å²) in [6.45, 7) is 13.4. The number of nitrogens with zero attached hydrogens (tertiary/aromatic N) is 1. The lowest BCUT2D eigenvalue weighted by atomic mass is 10.1. The van der Waals surface area contributed by atoms with Gasteiger partial charge in [-0.1, -0.05) is 18.9 Å². The van der Waals surface area contributed by atoms with Crippen LogP contribution in [0, 0.1) is 0 Å². The van der Waals surface area contributed by atoms with Gasteiger partial charge in [-0.05, 0) is 65.8 Å². The Bertz CT molecular complexity index is 620. The molecule has 1 aromatic carbocycles. The molecule has 0 aliphatic heterocycles. The van der Waals surface area contributed by atoms with Crippen LogP contribution in [-0.4, -0.2) is 70.7 Å². The zero-order valence-corrected chi connectivity index (χ0v) is 20.9. The van der Waals surface area contributed by atoms with Crippen molar-refractivity contribution < 1.29 is 4.74 Å². The summed E-state index contributed by atoms with van der Waals surface area (Å²) in [5.41, 5.74) is 7.85. The standard InChI is InChI=1S/C25H48N6O/c1-22(30-21-25(2,3)31-17-16-27-4)12-15-28-18-19-32-24-11-9-10-23(20-24)29-14-8-6-5-7-13-26/h9-11,20,27-29,31H,5-8,12-19,21,26H2,1-4H3. The van der Waals surface area contributed by atoms with Crippen molar-refractivity contribution in [2.24, 2.45) is 10.7 Å². The van der Waals surface area contributed by atoms with Gasteiger partial charge < -0.3 is 31.7 Å². The molecule has 6 N–H and O–H groups in total. The normalized spacial score (nSPS) is 12.2. The largest absolute Gasteiger partial charge is 0.492 e. The molecule has 0 unspecified atom stereocenters. The molecule has 0 spiro atoms. The second kappa shape index (κ2) is 17.8. The Kier molecular flexibility index (Phi) is 15.8. The highest BCUT2D eigenvalue weighted by atomic mass is 16.5. The number of ether oxygens (including phenoxy) is 1. The van der Waals surface area contributed by atoms with Crippen LogP contribution in [0.5, 0.6) is 5.75 Å². The molecule has 0 aromatic heterocycles. The first-order chi connectivity index (χ1) is 15.5. The van der Waals surface area contributed by atoms with Gasteiger partial charge in [0.05, 0.1) is 6.54 Å². The summed E-state index contributed by atoms with van der Waals surface area (Å²) in [4.78, 5) is 4.74. The van der Waals surface area contributed by atoms with E-state index in [4.69, 9.17) is 15.5 Å². The molecule has 7 nitrogen and oxygen atoms in total. The van der Waals surface area contributed by atoms with Crippen molar-refractivity contribution in [1.82, 2.24) is 16.0 Å². The van der Waals surface area contributed by atoms with Crippen LogP contribution in [0.1, 0.15) is 52.9 Å². The lowest BCUT2D eigenvalue weighted by Crippen LogP contribution is -2.45. The van der Waals surface area contributed by atoms with Gasteiger partial charge in [0.1, 0.15) is 12.4 Å². The summed E-state index contributed by atoms with van der Waals surface area (Å²) < 4.78 is 5.89. The second-order valence-corrected chi connectivity index (χ2v) is 8.97. The lowest BCUT2D eigenvalue weighted by molar-refractivity contribution is 0.315. The summed E-state index contributed by atoms with van der Waals surface area (Å²) in [5.74, 6) is 0.908. The number of benzene rings is 1. The quantitative estimate of drug-likeness (QED) is 0.155. The molecule has 0 saturated heterocycles. The maximum atomic E-state index is 5.89. The Morgan fingerprint density at radius 3 is 2.62 bits per heavy atom. The SMILES string of the molecule is CNCCNC(C)(C)CN=C(C)CCNCCOc1cccc(NCCCCCCN)c1. The van der Waals surface area contributed by atoms with E-state index in [0.29, 0.717) is 6.61 Å². The Morgan fingerprint density at radius 1 is 1.03 bits per heavy atom. The van der Waals surface area contributed by atoms with Gasteiger partial charge in [-0.3, -0.25) is 4.99 Å². The van der Waals surface area contributed by atoms with Crippen molar-refractivity contribution in [2.75, 3.05) is 64.8 Å². The molecule has 0 aliphatic carbocycles. The molecule has 184 valence electrons. The number of unbranched alkanes of at least 4 members (excludes halogenated alkanes) is 3. The van der Waals surface area contributed by atoms with Gasteiger partial charge in [-0.15, -0.1) is 0 Å². The molecule has 0 bridgehead atoms. The monoisotopic (exact) mass is 448 g/mol. The maximum absolute atomic E-state index is 5.89. The van der Waals surface area contributed by atoms with Crippen LogP contribution >= 0.6 is 0 Å². The number of rotatable bonds is 20. The molecule has 0 saturated carbocycles. The number of hydrogen-bond donors (Lipinski definition) is 5. The minimum absolute atomic E-state index is 0.0211. The fourth-order valence-corrected chi connectivity index (χ4v) is 3.18. The van der Waals surface area contributed by atoms with Crippen molar-refractivity contribution >= 4 is 11.4 Å². The van der Waals surface area contributed by atoms with Gasteiger partial charge in [0, 0.05) is 55.7 Å². The molecule has 1 aromatic rings. The maximum Gasteiger partial charge on any atom is 0.121 e. The van der Waals surface area contributed by atoms with Crippen molar-refractivity contribution in [3.63, 3.8) is 0 Å². The molecule has 1 rings (SSSR count). The molecule has 0 aliphatic rings. The number of likely N-dealkylation sites (N-methyl/N-ethyl adjacent to an activating group) is 1. The Labute approximate surface area is 196 Å². The fourth-order valence-electron chi connectivity index (χ4n) is 3.18. The predicted octanol–water partition coefficient (Wildman–Crippen LogP) is 3.02. The van der Waals surface area contributed by atoms with Crippen LogP contribution in [0.25, 0.3) is 0 Å². The molecule has 0 fully saturated rings. The molecule has 0 heterocycles. The third kappa shape index (κ3) is 15.2. The van der Waals surface area contributed by atoms with E-state index >= 15 is 0 Å². The zero-order valence-electron chi connectivity index (χ0n) is 20.9. The number of anilines is 1. The van der Waals surface area contributed by atoms with Crippen molar-refractivity contribution in [2.45, 2.75) is 58.4 Å². The minimum Gasteiger partial charge on any atom is -0.492 e. The van der Waals surface area contributed by atoms with E-state index in [1.807, 2.05) is 19.2 Å². The van der Waals surface area contributed by atoms with Gasteiger partial charge in [0.2, 0.25) is 0 Å². The lowest BCUT2D eigenvalue weighted by Gasteiger charge is -2.24. The minimum atomic E-state index is 0.0211. The van der Waals surface area contributed by atoms with Gasteiger partial charge >= 0.3 is 0 Å². The van der Waals surface area contributed by atoms with Crippen LogP contribution in [0.15, 0.2) is 29.3 Å². The third-order valence-corrected chi connectivity index (χ3v) is 5.23. The Balaban J connectivity index is 2.14. The number of nitrogens with two attached hydrogens (primary N) is 1. The second-order valence-electron chi connectivity index (χ2n) is 8.97. The zero-order chi connectivity index (χ0) is 23.5. The van der Waals surface area contributed by atoms with Crippen molar-refractivity contribution in [3.05, 3.63) is 24.3 Å². The molecule has 0 radical (unpaired) electrons. The highest BCUT2D eigenvalue weighted by Gasteiger charge is 2.15. The highest BCUT2D eigenvalue weighted by Crippen LogP contribution is 2.17. The first-order valence-electron chi connectivity index (χ1n) is 12.2. The van der Waals surface area contributed by atoms with Crippen LogP contribution in [-0.2, 0) is 0 Å². The van der Waals surface area contributed by atoms with E-state index in [2.05, 4.69) is 54.2 Å². The number of aliphatic imine (C=N–C) groups is 1. The van der Waals surface area contributed by atoms with Crippen LogP contribution in [0.4, 0.5) is 5.69 Å². The fraction of sp³-hybridized carbons (Fsp3) is 0.720. The Morgan fingerprint density at radius 2 is 1.84 bits per heavy atom. The summed E-state index contributed by atoms with van der Waals surface area (Å²) in [7, 11) is 1.97. The van der Waals surface area contributed by atoms with Gasteiger partial charge in [-0.2, -0.15) is 0 Å². The summed E-state index contributed by atoms with van der Waals surface area (Å²) in [5, 5.41) is 13.6. The summed E-state index contributed by atoms with van der Waals surface area (Å²) in [6.07, 6.45) is 5.68. The van der Waals surface area contributed by atoms with E-state index in [1.165, 1.54) is 25.0 Å². The average Bonchev–Trinajstić information content (AvgIpc) is 2.77. The third-order valence-electron chi connectivity index (χ3n) is 5.23. The van der Waals surface area contributed by atoms with Crippen LogP contribution < -0.4 is 31.7 Å². The topological polar surface area (TPSA) is 95.7 Å². The Hall–Kier alpha value is -1.67. The molecule has 7 heteroatoms. The van der Waals surface area contributed by atoms with E-state index in [0.717, 1.165) is 70.1 Å². The van der Waals surface area contributed by atoms with Crippen molar-refractivity contribution in [3.8, 4) is 5.75 Å². The van der Waals surface area contributed by atoms with E-state index in [-0.39, 0.29) is 5.54 Å². The predicted molar refractivity (Wildman–Crippen MR) is 139 cm³/mol. The van der Waals surface area contributed by atoms with Crippen LogP contribution in [0.2, 0.25) is 0 Å². The summed E-state index contributed by atoms with van der Waals surface area (Å²) in [6, 6.07) is 8.21. The molecule has 32 heavy (non-hydrogen) atoms. The highest BCUT2D eigenvalue weighted by molar-refractivity contribution is 5.82. The smallest absolute Gasteiger partial charge is 0.121 e. The van der Waals surface area contributed by atoms with E-state index in [1.54, 1.807) is 0 Å². The first kappa shape index (κ1) is 28.4. The molecular formula is C25H48N6O. The molecular weight excluding hydrogens is 400 g/mol. The molecule has 0 atom stereocenters. The van der Waals surface area contributed by atoms with Gasteiger partial charge in [-0.25, -0.2) is 0 Å². The van der Waals surface area contributed by atoms with Gasteiger partial charge in [0.15, 0.2) is 0 Å². The van der Waals surface area contributed by atoms with E-state index < -0.39 is 0 Å². The number of nitrogens with one attached hydrogen (secondary N) is 4. The average molecular weight is 449 g/mol. The molecule has 0 amide bonds.